The molecule has 214 valence electrons. The van der Waals surface area contributed by atoms with E-state index in [0.717, 1.165) is 16.4 Å². The lowest BCUT2D eigenvalue weighted by Crippen LogP contribution is -2.71. The van der Waals surface area contributed by atoms with Gasteiger partial charge >= 0.3 is 5.97 Å². The second-order valence-corrected chi connectivity index (χ2v) is 11.5. The Kier molecular flexibility index (Phi) is 8.68. The maximum atomic E-state index is 13.2. The molecular weight excluding hydrogens is 620 g/mol. The highest BCUT2D eigenvalue weighted by molar-refractivity contribution is 8.01. The summed E-state index contributed by atoms with van der Waals surface area (Å²) in [4.78, 5) is 49.1. The molecule has 1 saturated heterocycles. The maximum absolute atomic E-state index is 13.2. The number of carbonyl (C=O) groups is 3. The van der Waals surface area contributed by atoms with Crippen molar-refractivity contribution in [3.05, 3.63) is 46.4 Å². The molecule has 2 unspecified atom stereocenters. The van der Waals surface area contributed by atoms with Crippen molar-refractivity contribution in [2.24, 2.45) is 5.16 Å². The van der Waals surface area contributed by atoms with Crippen LogP contribution in [0.3, 0.4) is 0 Å². The van der Waals surface area contributed by atoms with E-state index < -0.39 is 29.2 Å². The zero-order valence-corrected chi connectivity index (χ0v) is 23.8. The number of nitrogens with one attached hydrogen (secondary N) is 1. The van der Waals surface area contributed by atoms with E-state index in [1.165, 1.54) is 28.2 Å². The zero-order valence-electron chi connectivity index (χ0n) is 20.6. The molecule has 4 heterocycles. The molecule has 3 aromatic rings. The molecule has 0 aliphatic carbocycles. The third-order valence-electron chi connectivity index (χ3n) is 5.65. The number of carbonyl (C=O) groups excluding carboxylic acids is 2. The average Bonchev–Trinajstić information content (AvgIpc) is 3.59. The first-order chi connectivity index (χ1) is 19.8. The number of nitrogens with two attached hydrogens (primary N) is 1. The topological polar surface area (TPSA) is 224 Å². The number of fused-ring (bicyclic) bond motifs is 1. The minimum Gasteiger partial charge on any atom is -0.477 e. The SMILES string of the molecule is Nc1nc(/C(=N\Oc2ccc(Cl)cc2)C(=O)NC2C(=O)N3C(C(=O)O)=C(CSc4nnnn4CCO)CSC23)ns1. The van der Waals surface area contributed by atoms with Gasteiger partial charge in [0.15, 0.2) is 10.9 Å². The highest BCUT2D eigenvalue weighted by Crippen LogP contribution is 2.41. The fourth-order valence-corrected chi connectivity index (χ4v) is 6.75. The Labute approximate surface area is 248 Å². The predicted molar refractivity (Wildman–Crippen MR) is 148 cm³/mol. The van der Waals surface area contributed by atoms with Crippen molar-refractivity contribution >= 4 is 75.3 Å². The van der Waals surface area contributed by atoms with Crippen LogP contribution < -0.4 is 15.9 Å². The van der Waals surface area contributed by atoms with E-state index in [4.69, 9.17) is 27.3 Å². The second kappa shape index (κ2) is 12.4. The van der Waals surface area contributed by atoms with E-state index in [0.29, 0.717) is 15.8 Å². The Hall–Kier alpha value is -3.78. The van der Waals surface area contributed by atoms with Crippen molar-refractivity contribution in [2.75, 3.05) is 23.8 Å². The summed E-state index contributed by atoms with van der Waals surface area (Å²) in [7, 11) is 0. The lowest BCUT2D eigenvalue weighted by atomic mass is 10.0. The highest BCUT2D eigenvalue weighted by Gasteiger charge is 2.54. The molecule has 2 aliphatic rings. The number of halogens is 1. The number of aliphatic hydroxyl groups excluding tert-OH is 1. The van der Waals surface area contributed by atoms with Crippen LogP contribution in [-0.2, 0) is 20.9 Å². The number of carboxylic acid groups (broad SMARTS) is 1. The van der Waals surface area contributed by atoms with Gasteiger partial charge in [0.25, 0.3) is 11.8 Å². The highest BCUT2D eigenvalue weighted by atomic mass is 35.5. The Balaban J connectivity index is 1.31. The molecule has 2 aliphatic heterocycles. The molecule has 1 fully saturated rings. The number of benzene rings is 1. The summed E-state index contributed by atoms with van der Waals surface area (Å²) in [5.74, 6) is -2.04. The van der Waals surface area contributed by atoms with E-state index in [9.17, 15) is 19.5 Å². The molecule has 41 heavy (non-hydrogen) atoms. The van der Waals surface area contributed by atoms with Crippen molar-refractivity contribution < 1.29 is 29.4 Å². The number of hydrogen-bond acceptors (Lipinski definition) is 15. The van der Waals surface area contributed by atoms with Crippen molar-refractivity contribution in [3.8, 4) is 5.75 Å². The summed E-state index contributed by atoms with van der Waals surface area (Å²) < 4.78 is 5.41. The first-order valence-corrected chi connectivity index (χ1v) is 14.8. The summed E-state index contributed by atoms with van der Waals surface area (Å²) in [6.07, 6.45) is 0. The number of amides is 2. The van der Waals surface area contributed by atoms with Crippen molar-refractivity contribution in [1.82, 2.24) is 39.8 Å². The van der Waals surface area contributed by atoms with Gasteiger partial charge in [0.2, 0.25) is 16.7 Å². The van der Waals surface area contributed by atoms with Crippen LogP contribution in [0.1, 0.15) is 5.82 Å². The maximum Gasteiger partial charge on any atom is 0.352 e. The normalized spacial score (nSPS) is 18.6. The second-order valence-electron chi connectivity index (χ2n) is 8.26. The molecule has 2 amide bonds. The van der Waals surface area contributed by atoms with E-state index in [2.05, 4.69) is 35.4 Å². The van der Waals surface area contributed by atoms with Gasteiger partial charge in [-0.1, -0.05) is 28.5 Å². The summed E-state index contributed by atoms with van der Waals surface area (Å²) in [5, 5.41) is 37.1. The third-order valence-corrected chi connectivity index (χ3v) is 8.82. The summed E-state index contributed by atoms with van der Waals surface area (Å²) in [5.41, 5.74) is 5.68. The number of aliphatic carboxylic acids is 1. The van der Waals surface area contributed by atoms with E-state index in [1.54, 1.807) is 24.3 Å². The third kappa shape index (κ3) is 6.12. The quantitative estimate of drug-likeness (QED) is 0.0944. The summed E-state index contributed by atoms with van der Waals surface area (Å²) in [6, 6.07) is 5.19. The smallest absolute Gasteiger partial charge is 0.352 e. The van der Waals surface area contributed by atoms with Crippen molar-refractivity contribution in [3.63, 3.8) is 0 Å². The van der Waals surface area contributed by atoms with E-state index in [-0.39, 0.29) is 52.8 Å². The van der Waals surface area contributed by atoms with Gasteiger partial charge in [-0.3, -0.25) is 14.5 Å². The van der Waals surface area contributed by atoms with Crippen molar-refractivity contribution in [1.29, 1.82) is 0 Å². The minimum atomic E-state index is -1.28. The minimum absolute atomic E-state index is 0.0905. The predicted octanol–water partition coefficient (Wildman–Crippen LogP) is 0.0665. The van der Waals surface area contributed by atoms with Gasteiger partial charge in [-0.05, 0) is 40.3 Å². The number of nitrogens with zero attached hydrogens (tertiary/aromatic N) is 8. The van der Waals surface area contributed by atoms with Crippen LogP contribution in [0.15, 0.2) is 45.8 Å². The molecule has 0 saturated carbocycles. The first kappa shape index (κ1) is 28.7. The van der Waals surface area contributed by atoms with Gasteiger partial charge in [-0.25, -0.2) is 9.48 Å². The van der Waals surface area contributed by atoms with Gasteiger partial charge in [0.05, 0.1) is 13.2 Å². The number of thioether (sulfide) groups is 2. The molecule has 2 atom stereocenters. The monoisotopic (exact) mass is 638 g/mol. The molecular formula is C21H19ClN10O6S3. The molecule has 5 N–H and O–H groups in total. The number of tetrazole rings is 1. The van der Waals surface area contributed by atoms with Crippen LogP contribution in [0.5, 0.6) is 5.75 Å². The zero-order chi connectivity index (χ0) is 29.1. The number of oxime groups is 1. The number of β-lactam (4-membered cyclic amide) rings is 1. The van der Waals surface area contributed by atoms with Crippen LogP contribution >= 0.6 is 46.7 Å². The Morgan fingerprint density at radius 3 is 2.78 bits per heavy atom. The molecule has 2 aromatic heterocycles. The first-order valence-electron chi connectivity index (χ1n) is 11.6. The number of carboxylic acids is 1. The molecule has 0 radical (unpaired) electrons. The van der Waals surface area contributed by atoms with E-state index >= 15 is 0 Å². The van der Waals surface area contributed by atoms with Crippen LogP contribution in [0.4, 0.5) is 5.13 Å². The van der Waals surface area contributed by atoms with Gasteiger partial charge < -0.3 is 26.1 Å². The fourth-order valence-electron chi connectivity index (χ4n) is 3.80. The molecule has 0 spiro atoms. The van der Waals surface area contributed by atoms with Crippen molar-refractivity contribution in [2.45, 2.75) is 23.1 Å². The average molecular weight is 639 g/mol. The van der Waals surface area contributed by atoms with Gasteiger partial charge in [0.1, 0.15) is 17.1 Å². The van der Waals surface area contributed by atoms with Gasteiger partial charge in [0, 0.05) is 28.1 Å². The number of aliphatic hydroxyl groups is 1. The lowest BCUT2D eigenvalue weighted by Gasteiger charge is -2.49. The standard InChI is InChI=1S/C21H19ClN10O6S3/c22-10-1-3-11(4-2-10)38-27-12(15-25-20(23)41-28-15)16(34)24-13-17(35)32-14(19(36)37)9(7-39-18(13)32)8-40-21-26-29-30-31(21)5-6-33/h1-4,13,18,33H,5-8H2,(H,24,34)(H,36,37)(H2,23,25,28)/b27-12+. The molecule has 1 aromatic carbocycles. The Morgan fingerprint density at radius 1 is 1.32 bits per heavy atom. The Morgan fingerprint density at radius 2 is 2.10 bits per heavy atom. The number of hydrogen-bond donors (Lipinski definition) is 4. The fraction of sp³-hybridized carbons (Fsp3) is 0.286. The largest absolute Gasteiger partial charge is 0.477 e. The Bertz CT molecular complexity index is 1540. The van der Waals surface area contributed by atoms with Crippen LogP contribution in [-0.4, -0.2) is 97.7 Å². The van der Waals surface area contributed by atoms with Crippen LogP contribution in [0.2, 0.25) is 5.02 Å². The van der Waals surface area contributed by atoms with Crippen LogP contribution in [0.25, 0.3) is 0 Å². The molecule has 0 bridgehead atoms. The van der Waals surface area contributed by atoms with Gasteiger partial charge in [-0.2, -0.15) is 9.36 Å². The molecule has 20 heteroatoms. The molecule has 5 rings (SSSR count). The summed E-state index contributed by atoms with van der Waals surface area (Å²) >= 11 is 9.21. The summed E-state index contributed by atoms with van der Waals surface area (Å²) in [6.45, 7) is 0.0161. The molecule has 16 nitrogen and oxygen atoms in total. The van der Waals surface area contributed by atoms with E-state index in [1.807, 2.05) is 0 Å². The number of anilines is 1. The number of rotatable bonds is 11. The van der Waals surface area contributed by atoms with Crippen LogP contribution in [0, 0.1) is 0 Å². The number of nitrogen functional groups attached to an aromatic ring is 1. The lowest BCUT2D eigenvalue weighted by molar-refractivity contribution is -0.150. The van der Waals surface area contributed by atoms with Gasteiger partial charge in [-0.15, -0.1) is 16.9 Å². The number of aromatic nitrogens is 6.